The van der Waals surface area contributed by atoms with Gasteiger partial charge in [0.05, 0.1) is 6.10 Å². The van der Waals surface area contributed by atoms with Gasteiger partial charge >= 0.3 is 0 Å². The van der Waals surface area contributed by atoms with Gasteiger partial charge in [0.15, 0.2) is 0 Å². The van der Waals surface area contributed by atoms with E-state index in [2.05, 4.69) is 64.2 Å². The Labute approximate surface area is 117 Å². The van der Waals surface area contributed by atoms with Crippen molar-refractivity contribution in [3.63, 3.8) is 0 Å². The van der Waals surface area contributed by atoms with E-state index in [1.807, 2.05) is 0 Å². The van der Waals surface area contributed by atoms with Crippen LogP contribution in [0.3, 0.4) is 0 Å². The predicted octanol–water partition coefficient (Wildman–Crippen LogP) is 3.23. The lowest BCUT2D eigenvalue weighted by Crippen LogP contribution is -2.59. The molecule has 0 amide bonds. The highest BCUT2D eigenvalue weighted by atomic mass is 16.3. The van der Waals surface area contributed by atoms with Crippen molar-refractivity contribution < 1.29 is 5.11 Å². The Morgan fingerprint density at radius 2 is 1.79 bits per heavy atom. The van der Waals surface area contributed by atoms with Crippen molar-refractivity contribution in [3.05, 3.63) is 35.4 Å². The molecule has 2 rings (SSSR count). The molecule has 0 spiro atoms. The lowest BCUT2D eigenvalue weighted by Gasteiger charge is -2.49. The van der Waals surface area contributed by atoms with Gasteiger partial charge in [0.1, 0.15) is 0 Å². The Balaban J connectivity index is 1.91. The number of hydrogen-bond donors (Lipinski definition) is 2. The standard InChI is InChI=1S/C17H27NO/c1-16(2,3)13-8-6-12(7-9-13)11-18-14-10-15(19)17(14,4)5/h6-9,14-15,18-19H,10-11H2,1-5H3. The molecular formula is C17H27NO. The van der Waals surface area contributed by atoms with Crippen molar-refractivity contribution in [2.75, 3.05) is 0 Å². The van der Waals surface area contributed by atoms with E-state index >= 15 is 0 Å². The average molecular weight is 261 g/mol. The summed E-state index contributed by atoms with van der Waals surface area (Å²) >= 11 is 0. The maximum atomic E-state index is 9.73. The molecule has 106 valence electrons. The molecule has 0 bridgehead atoms. The fourth-order valence-electron chi connectivity index (χ4n) is 2.61. The molecule has 2 unspecified atom stereocenters. The third-order valence-corrected chi connectivity index (χ3v) is 4.59. The van der Waals surface area contributed by atoms with E-state index in [1.54, 1.807) is 0 Å². The van der Waals surface area contributed by atoms with Gasteiger partial charge < -0.3 is 10.4 Å². The fraction of sp³-hybridized carbons (Fsp3) is 0.647. The van der Waals surface area contributed by atoms with Gasteiger partial charge in [-0.1, -0.05) is 58.9 Å². The van der Waals surface area contributed by atoms with Crippen molar-refractivity contribution in [2.45, 2.75) is 65.1 Å². The minimum atomic E-state index is -0.159. The zero-order valence-electron chi connectivity index (χ0n) is 12.8. The van der Waals surface area contributed by atoms with Crippen LogP contribution >= 0.6 is 0 Å². The third kappa shape index (κ3) is 3.01. The maximum Gasteiger partial charge on any atom is 0.0621 e. The fourth-order valence-corrected chi connectivity index (χ4v) is 2.61. The van der Waals surface area contributed by atoms with Crippen LogP contribution in [-0.4, -0.2) is 17.3 Å². The molecule has 0 heterocycles. The molecule has 0 saturated heterocycles. The highest BCUT2D eigenvalue weighted by molar-refractivity contribution is 5.27. The molecule has 1 aromatic carbocycles. The molecule has 1 saturated carbocycles. The zero-order valence-corrected chi connectivity index (χ0v) is 12.8. The van der Waals surface area contributed by atoms with Crippen LogP contribution in [-0.2, 0) is 12.0 Å². The minimum absolute atomic E-state index is 0.00531. The van der Waals surface area contributed by atoms with Crippen molar-refractivity contribution >= 4 is 0 Å². The SMILES string of the molecule is CC(C)(C)c1ccc(CNC2CC(O)C2(C)C)cc1. The van der Waals surface area contributed by atoms with Crippen LogP contribution in [0.2, 0.25) is 0 Å². The van der Waals surface area contributed by atoms with Gasteiger partial charge in [-0.15, -0.1) is 0 Å². The lowest BCUT2D eigenvalue weighted by molar-refractivity contribution is -0.0729. The molecule has 1 aliphatic rings. The Morgan fingerprint density at radius 3 is 2.21 bits per heavy atom. The summed E-state index contributed by atoms with van der Waals surface area (Å²) < 4.78 is 0. The van der Waals surface area contributed by atoms with Crippen molar-refractivity contribution in [3.8, 4) is 0 Å². The van der Waals surface area contributed by atoms with Gasteiger partial charge in [-0.05, 0) is 23.0 Å². The Morgan fingerprint density at radius 1 is 1.21 bits per heavy atom. The van der Waals surface area contributed by atoms with Crippen LogP contribution < -0.4 is 5.32 Å². The van der Waals surface area contributed by atoms with Crippen molar-refractivity contribution in [1.82, 2.24) is 5.32 Å². The Bertz CT molecular complexity index is 428. The maximum absolute atomic E-state index is 9.73. The molecular weight excluding hydrogens is 234 g/mol. The van der Waals surface area contributed by atoms with Gasteiger partial charge in [-0.25, -0.2) is 0 Å². The van der Waals surface area contributed by atoms with E-state index in [0.29, 0.717) is 6.04 Å². The first-order valence-electron chi connectivity index (χ1n) is 7.22. The van der Waals surface area contributed by atoms with Crippen molar-refractivity contribution in [1.29, 1.82) is 0 Å². The third-order valence-electron chi connectivity index (χ3n) is 4.59. The van der Waals surface area contributed by atoms with Crippen LogP contribution in [0.15, 0.2) is 24.3 Å². The van der Waals surface area contributed by atoms with Crippen LogP contribution in [0.5, 0.6) is 0 Å². The first-order valence-corrected chi connectivity index (χ1v) is 7.22. The van der Waals surface area contributed by atoms with Crippen molar-refractivity contribution in [2.24, 2.45) is 5.41 Å². The first kappa shape index (κ1) is 14.5. The summed E-state index contributed by atoms with van der Waals surface area (Å²) in [5.41, 5.74) is 2.90. The van der Waals surface area contributed by atoms with Gasteiger partial charge in [0.25, 0.3) is 0 Å². The Kier molecular flexibility index (Phi) is 3.76. The summed E-state index contributed by atoms with van der Waals surface area (Å²) in [5, 5.41) is 13.3. The van der Waals surface area contributed by atoms with Crippen LogP contribution in [0, 0.1) is 5.41 Å². The molecule has 0 aromatic heterocycles. The van der Waals surface area contributed by atoms with E-state index in [1.165, 1.54) is 11.1 Å². The number of hydrogen-bond acceptors (Lipinski definition) is 2. The first-order chi connectivity index (χ1) is 8.71. The molecule has 2 nitrogen and oxygen atoms in total. The van der Waals surface area contributed by atoms with Crippen LogP contribution in [0.4, 0.5) is 0 Å². The second kappa shape index (κ2) is 4.92. The predicted molar refractivity (Wildman–Crippen MR) is 80.2 cm³/mol. The molecule has 0 aliphatic heterocycles. The van der Waals surface area contributed by atoms with E-state index < -0.39 is 0 Å². The topological polar surface area (TPSA) is 32.3 Å². The lowest BCUT2D eigenvalue weighted by atomic mass is 9.64. The van der Waals surface area contributed by atoms with E-state index in [4.69, 9.17) is 0 Å². The van der Waals surface area contributed by atoms with Crippen LogP contribution in [0.25, 0.3) is 0 Å². The van der Waals surface area contributed by atoms with E-state index in [0.717, 1.165) is 13.0 Å². The van der Waals surface area contributed by atoms with Gasteiger partial charge in [-0.2, -0.15) is 0 Å². The summed E-state index contributed by atoms with van der Waals surface area (Å²) in [6.07, 6.45) is 0.709. The van der Waals surface area contributed by atoms with Gasteiger partial charge in [-0.3, -0.25) is 0 Å². The normalized spacial score (nSPS) is 26.0. The number of rotatable bonds is 3. The molecule has 2 atom stereocenters. The molecule has 1 aliphatic carbocycles. The smallest absolute Gasteiger partial charge is 0.0621 e. The summed E-state index contributed by atoms with van der Waals surface area (Å²) in [6.45, 7) is 11.8. The zero-order chi connectivity index (χ0) is 14.3. The molecule has 2 heteroatoms. The number of benzene rings is 1. The number of nitrogens with one attached hydrogen (secondary N) is 1. The number of aliphatic hydroxyl groups excluding tert-OH is 1. The van der Waals surface area contributed by atoms with Gasteiger partial charge in [0.2, 0.25) is 0 Å². The summed E-state index contributed by atoms with van der Waals surface area (Å²) in [4.78, 5) is 0. The molecule has 19 heavy (non-hydrogen) atoms. The summed E-state index contributed by atoms with van der Waals surface area (Å²) in [7, 11) is 0. The highest BCUT2D eigenvalue weighted by Gasteiger charge is 2.46. The van der Waals surface area contributed by atoms with Crippen LogP contribution in [0.1, 0.15) is 52.2 Å². The molecule has 1 aromatic rings. The van der Waals surface area contributed by atoms with E-state index in [-0.39, 0.29) is 16.9 Å². The second-order valence-electron chi connectivity index (χ2n) is 7.45. The summed E-state index contributed by atoms with van der Waals surface area (Å²) in [5.74, 6) is 0. The second-order valence-corrected chi connectivity index (χ2v) is 7.45. The quantitative estimate of drug-likeness (QED) is 0.875. The molecule has 0 radical (unpaired) electrons. The summed E-state index contributed by atoms with van der Waals surface area (Å²) in [6, 6.07) is 9.27. The average Bonchev–Trinajstić information content (AvgIpc) is 2.33. The largest absolute Gasteiger partial charge is 0.392 e. The van der Waals surface area contributed by atoms with Gasteiger partial charge in [0, 0.05) is 18.0 Å². The minimum Gasteiger partial charge on any atom is -0.392 e. The molecule has 1 fully saturated rings. The highest BCUT2D eigenvalue weighted by Crippen LogP contribution is 2.40. The monoisotopic (exact) mass is 261 g/mol. The van der Waals surface area contributed by atoms with E-state index in [9.17, 15) is 5.11 Å². The Hall–Kier alpha value is -0.860. The number of aliphatic hydroxyl groups is 1. The molecule has 2 N–H and O–H groups in total.